The molecule has 0 radical (unpaired) electrons. The van der Waals surface area contributed by atoms with E-state index in [0.29, 0.717) is 17.7 Å². The number of hydrogen-bond acceptors (Lipinski definition) is 6. The van der Waals surface area contributed by atoms with Gasteiger partial charge >= 0.3 is 0 Å². The Morgan fingerprint density at radius 2 is 1.96 bits per heavy atom. The molecule has 3 N–H and O–H groups in total. The van der Waals surface area contributed by atoms with Gasteiger partial charge in [0.2, 0.25) is 0 Å². The molecule has 2 atom stereocenters. The van der Waals surface area contributed by atoms with Crippen LogP contribution in [0.1, 0.15) is 36.1 Å². The highest BCUT2D eigenvalue weighted by Gasteiger charge is 2.30. The van der Waals surface area contributed by atoms with Crippen LogP contribution in [0.2, 0.25) is 0 Å². The van der Waals surface area contributed by atoms with Crippen LogP contribution in [0, 0.1) is 17.0 Å². The average Bonchev–Trinajstić information content (AvgIpc) is 3.16. The Bertz CT molecular complexity index is 879. The summed E-state index contributed by atoms with van der Waals surface area (Å²) in [6.45, 7) is 3.72. The van der Waals surface area contributed by atoms with E-state index in [9.17, 15) is 14.9 Å². The topological polar surface area (TPSA) is 109 Å². The minimum Gasteiger partial charge on any atom is -0.271 e. The molecule has 1 saturated heterocycles. The molecule has 8 heteroatoms. The van der Waals surface area contributed by atoms with Crippen molar-refractivity contribution in [2.24, 2.45) is 5.10 Å². The van der Waals surface area contributed by atoms with Crippen molar-refractivity contribution in [3.63, 3.8) is 0 Å². The third-order valence-electron chi connectivity index (χ3n) is 4.51. The zero-order valence-corrected chi connectivity index (χ0v) is 15.1. The molecule has 2 aromatic carbocycles. The number of aryl methyl sites for hydroxylation is 1. The summed E-state index contributed by atoms with van der Waals surface area (Å²) in [5.41, 5.74) is 12.0. The van der Waals surface area contributed by atoms with Crippen molar-refractivity contribution >= 4 is 17.3 Å². The van der Waals surface area contributed by atoms with E-state index in [2.05, 4.69) is 21.4 Å². The summed E-state index contributed by atoms with van der Waals surface area (Å²) in [7, 11) is 0. The summed E-state index contributed by atoms with van der Waals surface area (Å²) < 4.78 is 0. The van der Waals surface area contributed by atoms with E-state index < -0.39 is 11.0 Å². The Kier molecular flexibility index (Phi) is 5.58. The Morgan fingerprint density at radius 1 is 1.22 bits per heavy atom. The second-order valence-corrected chi connectivity index (χ2v) is 6.52. The second kappa shape index (κ2) is 8.07. The molecule has 1 fully saturated rings. The Hall–Kier alpha value is -3.10. The first-order valence-corrected chi connectivity index (χ1v) is 8.60. The molecule has 0 aliphatic carbocycles. The number of nitrogens with one attached hydrogen (secondary N) is 3. The van der Waals surface area contributed by atoms with Gasteiger partial charge in [0.1, 0.15) is 6.04 Å². The van der Waals surface area contributed by atoms with Crippen molar-refractivity contribution in [1.82, 2.24) is 16.3 Å². The number of non-ortho nitro benzene ring substituents is 1. The summed E-state index contributed by atoms with van der Waals surface area (Å²) in [4.78, 5) is 22.8. The molecule has 8 nitrogen and oxygen atoms in total. The molecule has 27 heavy (non-hydrogen) atoms. The number of carbonyl (C=O) groups is 1. The van der Waals surface area contributed by atoms with Gasteiger partial charge in [0, 0.05) is 23.7 Å². The number of rotatable bonds is 5. The fourth-order valence-corrected chi connectivity index (χ4v) is 2.87. The molecule has 0 bridgehead atoms. The van der Waals surface area contributed by atoms with Crippen LogP contribution in [0.25, 0.3) is 0 Å². The molecule has 0 saturated carbocycles. The minimum absolute atomic E-state index is 0.0176. The molecular weight excluding hydrogens is 346 g/mol. The van der Waals surface area contributed by atoms with E-state index in [1.165, 1.54) is 17.7 Å². The van der Waals surface area contributed by atoms with Gasteiger partial charge in [-0.15, -0.1) is 0 Å². The molecular formula is C19H21N5O3. The van der Waals surface area contributed by atoms with Crippen molar-refractivity contribution in [1.29, 1.82) is 0 Å². The van der Waals surface area contributed by atoms with Gasteiger partial charge in [-0.3, -0.25) is 14.9 Å². The molecule has 0 aromatic heterocycles. The predicted molar refractivity (Wildman–Crippen MR) is 102 cm³/mol. The van der Waals surface area contributed by atoms with Gasteiger partial charge in [-0.1, -0.05) is 42.0 Å². The van der Waals surface area contributed by atoms with Gasteiger partial charge in [-0.05, 0) is 25.8 Å². The quantitative estimate of drug-likeness (QED) is 0.427. The predicted octanol–water partition coefficient (Wildman–Crippen LogP) is 2.35. The minimum atomic E-state index is -0.464. The van der Waals surface area contributed by atoms with Crippen LogP contribution in [0.3, 0.4) is 0 Å². The number of benzene rings is 2. The Balaban J connectivity index is 1.60. The van der Waals surface area contributed by atoms with Crippen molar-refractivity contribution in [3.05, 3.63) is 75.3 Å². The lowest BCUT2D eigenvalue weighted by Crippen LogP contribution is -2.41. The highest BCUT2D eigenvalue weighted by atomic mass is 16.6. The van der Waals surface area contributed by atoms with E-state index in [0.717, 1.165) is 5.56 Å². The van der Waals surface area contributed by atoms with E-state index >= 15 is 0 Å². The molecule has 2 unspecified atom stereocenters. The number of hydrazine groups is 1. The zero-order valence-electron chi connectivity index (χ0n) is 15.1. The van der Waals surface area contributed by atoms with Gasteiger partial charge in [-0.25, -0.2) is 16.3 Å². The van der Waals surface area contributed by atoms with Crippen molar-refractivity contribution < 1.29 is 9.72 Å². The third kappa shape index (κ3) is 4.55. The maximum atomic E-state index is 12.4. The normalized spacial score (nSPS) is 19.7. The van der Waals surface area contributed by atoms with Crippen LogP contribution in [-0.2, 0) is 4.79 Å². The fourth-order valence-electron chi connectivity index (χ4n) is 2.87. The van der Waals surface area contributed by atoms with Gasteiger partial charge in [0.05, 0.1) is 10.6 Å². The molecule has 2 aromatic rings. The third-order valence-corrected chi connectivity index (χ3v) is 4.51. The number of hydrogen-bond donors (Lipinski definition) is 3. The molecule has 140 valence electrons. The van der Waals surface area contributed by atoms with E-state index in [4.69, 9.17) is 0 Å². The van der Waals surface area contributed by atoms with Crippen LogP contribution in [0.15, 0.2) is 53.6 Å². The maximum absolute atomic E-state index is 12.4. The van der Waals surface area contributed by atoms with E-state index in [-0.39, 0.29) is 17.6 Å². The van der Waals surface area contributed by atoms with Gasteiger partial charge in [0.15, 0.2) is 0 Å². The molecule has 1 aliphatic heterocycles. The number of carbonyl (C=O) groups excluding carboxylic acids is 1. The molecule has 0 spiro atoms. The number of amides is 1. The smallest absolute Gasteiger partial charge is 0.270 e. The fraction of sp³-hybridized carbons (Fsp3) is 0.263. The summed E-state index contributed by atoms with van der Waals surface area (Å²) in [6, 6.07) is 13.9. The number of nitro groups is 1. The number of nitro benzene ring substituents is 1. The van der Waals surface area contributed by atoms with Gasteiger partial charge in [0.25, 0.3) is 11.6 Å². The van der Waals surface area contributed by atoms with Crippen LogP contribution in [-0.4, -0.2) is 22.6 Å². The van der Waals surface area contributed by atoms with Crippen LogP contribution < -0.4 is 16.3 Å². The second-order valence-electron chi connectivity index (χ2n) is 6.52. The van der Waals surface area contributed by atoms with E-state index in [1.807, 2.05) is 31.2 Å². The molecule has 1 heterocycles. The molecule has 1 aliphatic rings. The van der Waals surface area contributed by atoms with Crippen LogP contribution >= 0.6 is 0 Å². The maximum Gasteiger partial charge on any atom is 0.270 e. The summed E-state index contributed by atoms with van der Waals surface area (Å²) >= 11 is 0. The van der Waals surface area contributed by atoms with Crippen LogP contribution in [0.5, 0.6) is 0 Å². The first kappa shape index (κ1) is 18.7. The highest BCUT2D eigenvalue weighted by molar-refractivity contribution is 5.99. The lowest BCUT2D eigenvalue weighted by Gasteiger charge is -2.09. The van der Waals surface area contributed by atoms with Crippen molar-refractivity contribution in [3.8, 4) is 0 Å². The average molecular weight is 367 g/mol. The molecule has 1 amide bonds. The van der Waals surface area contributed by atoms with E-state index in [1.54, 1.807) is 19.1 Å². The first-order valence-electron chi connectivity index (χ1n) is 8.60. The standard InChI is InChI=1S/C19H21N5O3/c1-12-6-8-14(9-7-12)17-11-18(22-21-17)19(25)23-20-13(2)15-4-3-5-16(10-15)24(26)27/h3-10,17-18,21-22H,11H2,1-2H3,(H,23,25)/b20-13+. The monoisotopic (exact) mass is 367 g/mol. The number of hydrazone groups is 1. The van der Waals surface area contributed by atoms with Crippen LogP contribution in [0.4, 0.5) is 5.69 Å². The SMILES string of the molecule is C/C(=N\NC(=O)C1CC(c2ccc(C)cc2)NN1)c1cccc([N+](=O)[O-])c1. The Morgan fingerprint density at radius 3 is 2.67 bits per heavy atom. The molecule has 3 rings (SSSR count). The van der Waals surface area contributed by atoms with Gasteiger partial charge in [-0.2, -0.15) is 5.10 Å². The highest BCUT2D eigenvalue weighted by Crippen LogP contribution is 2.22. The first-order chi connectivity index (χ1) is 12.9. The number of nitrogens with zero attached hydrogens (tertiary/aromatic N) is 2. The van der Waals surface area contributed by atoms with Crippen molar-refractivity contribution in [2.75, 3.05) is 0 Å². The summed E-state index contributed by atoms with van der Waals surface area (Å²) in [5.74, 6) is -0.262. The Labute approximate surface area is 156 Å². The lowest BCUT2D eigenvalue weighted by atomic mass is 10.0. The van der Waals surface area contributed by atoms with Gasteiger partial charge < -0.3 is 0 Å². The zero-order chi connectivity index (χ0) is 19.4. The summed E-state index contributed by atoms with van der Waals surface area (Å²) in [6.07, 6.45) is 0.597. The lowest BCUT2D eigenvalue weighted by molar-refractivity contribution is -0.384. The largest absolute Gasteiger partial charge is 0.271 e. The van der Waals surface area contributed by atoms with Crippen molar-refractivity contribution in [2.45, 2.75) is 32.4 Å². The summed E-state index contributed by atoms with van der Waals surface area (Å²) in [5, 5.41) is 14.9.